The normalized spacial score (nSPS) is 15.7. The van der Waals surface area contributed by atoms with Crippen molar-refractivity contribution in [1.29, 1.82) is 0 Å². The predicted octanol–water partition coefficient (Wildman–Crippen LogP) is 5.07. The Morgan fingerprint density at radius 2 is 1.50 bits per heavy atom. The van der Waals surface area contributed by atoms with Crippen LogP contribution in [0.15, 0.2) is 60.7 Å². The molecular weight excluding hydrogens is 240 g/mol. The molecule has 0 heterocycles. The van der Waals surface area contributed by atoms with Crippen molar-refractivity contribution in [3.05, 3.63) is 82.9 Å². The standard InChI is InChI=1S/C20H18/c1-20(2)18-10-6-4-8-15(18)13-16-12-11-14-7-3-5-9-17(14)19(16)20/h3-12H,13H2,1-2H3. The summed E-state index contributed by atoms with van der Waals surface area (Å²) in [6.45, 7) is 4.71. The molecule has 1 aliphatic carbocycles. The van der Waals surface area contributed by atoms with Crippen molar-refractivity contribution in [2.45, 2.75) is 25.7 Å². The molecule has 0 saturated heterocycles. The minimum atomic E-state index is 0.0744. The number of benzene rings is 3. The van der Waals surface area contributed by atoms with Crippen molar-refractivity contribution in [3.8, 4) is 0 Å². The van der Waals surface area contributed by atoms with Gasteiger partial charge in [0.05, 0.1) is 0 Å². The molecular formula is C20H18. The summed E-state index contributed by atoms with van der Waals surface area (Å²) in [5.41, 5.74) is 6.01. The highest BCUT2D eigenvalue weighted by molar-refractivity contribution is 5.89. The lowest BCUT2D eigenvalue weighted by atomic mass is 9.67. The molecule has 0 amide bonds. The van der Waals surface area contributed by atoms with Crippen LogP contribution >= 0.6 is 0 Å². The van der Waals surface area contributed by atoms with Crippen LogP contribution in [-0.2, 0) is 11.8 Å². The van der Waals surface area contributed by atoms with E-state index in [1.54, 1.807) is 0 Å². The molecule has 0 unspecified atom stereocenters. The Kier molecular flexibility index (Phi) is 2.32. The van der Waals surface area contributed by atoms with E-state index < -0.39 is 0 Å². The van der Waals surface area contributed by atoms with Crippen LogP contribution < -0.4 is 0 Å². The highest BCUT2D eigenvalue weighted by Gasteiger charge is 2.33. The zero-order valence-electron chi connectivity index (χ0n) is 12.0. The highest BCUT2D eigenvalue weighted by Crippen LogP contribution is 2.44. The highest BCUT2D eigenvalue weighted by atomic mass is 14.4. The fraction of sp³-hybridized carbons (Fsp3) is 0.200. The minimum absolute atomic E-state index is 0.0744. The van der Waals surface area contributed by atoms with Crippen LogP contribution in [0.2, 0.25) is 0 Å². The van der Waals surface area contributed by atoms with Gasteiger partial charge in [0.15, 0.2) is 0 Å². The third-order valence-electron chi connectivity index (χ3n) is 4.71. The van der Waals surface area contributed by atoms with Gasteiger partial charge in [-0.15, -0.1) is 0 Å². The molecule has 0 atom stereocenters. The van der Waals surface area contributed by atoms with Crippen LogP contribution in [0, 0.1) is 0 Å². The summed E-state index contributed by atoms with van der Waals surface area (Å²) in [7, 11) is 0. The molecule has 4 rings (SSSR count). The van der Waals surface area contributed by atoms with Crippen molar-refractivity contribution < 1.29 is 0 Å². The number of rotatable bonds is 0. The molecule has 0 N–H and O–H groups in total. The molecule has 0 radical (unpaired) electrons. The Hall–Kier alpha value is -2.08. The number of hydrogen-bond donors (Lipinski definition) is 0. The Balaban J connectivity index is 2.10. The van der Waals surface area contributed by atoms with Gasteiger partial charge < -0.3 is 0 Å². The largest absolute Gasteiger partial charge is 0.0620 e. The molecule has 0 saturated carbocycles. The van der Waals surface area contributed by atoms with Gasteiger partial charge in [-0.2, -0.15) is 0 Å². The fourth-order valence-corrected chi connectivity index (χ4v) is 3.83. The lowest BCUT2D eigenvalue weighted by Gasteiger charge is -2.36. The molecule has 1 aliphatic rings. The van der Waals surface area contributed by atoms with Crippen LogP contribution in [0.5, 0.6) is 0 Å². The van der Waals surface area contributed by atoms with Crippen molar-refractivity contribution in [2.75, 3.05) is 0 Å². The molecule has 3 aromatic rings. The quantitative estimate of drug-likeness (QED) is 0.528. The Bertz CT molecular complexity index is 809. The van der Waals surface area contributed by atoms with E-state index in [2.05, 4.69) is 74.5 Å². The van der Waals surface area contributed by atoms with E-state index in [9.17, 15) is 0 Å². The Morgan fingerprint density at radius 3 is 2.40 bits per heavy atom. The van der Waals surface area contributed by atoms with E-state index in [-0.39, 0.29) is 5.41 Å². The first-order chi connectivity index (χ1) is 9.68. The number of hydrogen-bond acceptors (Lipinski definition) is 0. The van der Waals surface area contributed by atoms with Crippen LogP contribution in [0.3, 0.4) is 0 Å². The van der Waals surface area contributed by atoms with Crippen LogP contribution in [0.1, 0.15) is 36.1 Å². The molecule has 20 heavy (non-hydrogen) atoms. The van der Waals surface area contributed by atoms with E-state index in [0.717, 1.165) is 6.42 Å². The zero-order valence-corrected chi connectivity index (χ0v) is 12.0. The molecule has 98 valence electrons. The topological polar surface area (TPSA) is 0 Å². The van der Waals surface area contributed by atoms with Crippen molar-refractivity contribution in [2.24, 2.45) is 0 Å². The fourth-order valence-electron chi connectivity index (χ4n) is 3.83. The molecule has 3 aromatic carbocycles. The smallest absolute Gasteiger partial charge is 0.0158 e. The van der Waals surface area contributed by atoms with Gasteiger partial charge in [0, 0.05) is 5.41 Å². The van der Waals surface area contributed by atoms with E-state index in [4.69, 9.17) is 0 Å². The minimum Gasteiger partial charge on any atom is -0.0620 e. The van der Waals surface area contributed by atoms with E-state index >= 15 is 0 Å². The van der Waals surface area contributed by atoms with Gasteiger partial charge in [-0.3, -0.25) is 0 Å². The average molecular weight is 258 g/mol. The van der Waals surface area contributed by atoms with Gasteiger partial charge in [-0.1, -0.05) is 74.5 Å². The number of fused-ring (bicyclic) bond motifs is 4. The first-order valence-corrected chi connectivity index (χ1v) is 7.27. The summed E-state index contributed by atoms with van der Waals surface area (Å²) >= 11 is 0. The molecule has 0 nitrogen and oxygen atoms in total. The molecule has 0 bridgehead atoms. The summed E-state index contributed by atoms with van der Waals surface area (Å²) in [5.74, 6) is 0. The average Bonchev–Trinajstić information content (AvgIpc) is 2.46. The van der Waals surface area contributed by atoms with Gasteiger partial charge in [0.2, 0.25) is 0 Å². The molecule has 0 fully saturated rings. The summed E-state index contributed by atoms with van der Waals surface area (Å²) in [4.78, 5) is 0. The maximum atomic E-state index is 2.36. The summed E-state index contributed by atoms with van der Waals surface area (Å²) in [5, 5.41) is 2.75. The van der Waals surface area contributed by atoms with E-state index in [1.807, 2.05) is 0 Å². The van der Waals surface area contributed by atoms with E-state index in [1.165, 1.54) is 33.0 Å². The summed E-state index contributed by atoms with van der Waals surface area (Å²) in [6, 6.07) is 22.2. The molecule has 0 aliphatic heterocycles. The second-order valence-electron chi connectivity index (χ2n) is 6.28. The van der Waals surface area contributed by atoms with Crippen LogP contribution in [0.4, 0.5) is 0 Å². The molecule has 0 spiro atoms. The van der Waals surface area contributed by atoms with Crippen molar-refractivity contribution in [1.82, 2.24) is 0 Å². The molecule has 0 heteroatoms. The van der Waals surface area contributed by atoms with Gasteiger partial charge in [0.25, 0.3) is 0 Å². The Labute approximate surface area is 120 Å². The van der Waals surface area contributed by atoms with Gasteiger partial charge in [-0.05, 0) is 39.4 Å². The summed E-state index contributed by atoms with van der Waals surface area (Å²) < 4.78 is 0. The van der Waals surface area contributed by atoms with Crippen molar-refractivity contribution in [3.63, 3.8) is 0 Å². The summed E-state index contributed by atoms with van der Waals surface area (Å²) in [6.07, 6.45) is 1.06. The first-order valence-electron chi connectivity index (χ1n) is 7.27. The monoisotopic (exact) mass is 258 g/mol. The second kappa shape index (κ2) is 3.96. The lowest BCUT2D eigenvalue weighted by molar-refractivity contribution is 0.617. The van der Waals surface area contributed by atoms with Crippen LogP contribution in [0.25, 0.3) is 10.8 Å². The maximum absolute atomic E-state index is 2.36. The second-order valence-corrected chi connectivity index (χ2v) is 6.28. The first kappa shape index (κ1) is 11.7. The van der Waals surface area contributed by atoms with Gasteiger partial charge in [-0.25, -0.2) is 0 Å². The van der Waals surface area contributed by atoms with Crippen LogP contribution in [-0.4, -0.2) is 0 Å². The third kappa shape index (κ3) is 1.48. The third-order valence-corrected chi connectivity index (χ3v) is 4.71. The predicted molar refractivity (Wildman–Crippen MR) is 85.3 cm³/mol. The van der Waals surface area contributed by atoms with Gasteiger partial charge in [0.1, 0.15) is 0 Å². The lowest BCUT2D eigenvalue weighted by Crippen LogP contribution is -2.27. The van der Waals surface area contributed by atoms with E-state index in [0.29, 0.717) is 0 Å². The maximum Gasteiger partial charge on any atom is 0.0158 e. The molecule has 0 aromatic heterocycles. The van der Waals surface area contributed by atoms with Crippen molar-refractivity contribution >= 4 is 10.8 Å². The zero-order chi connectivity index (χ0) is 13.7. The SMILES string of the molecule is CC1(C)c2ccccc2Cc2ccc3ccccc3c21. The Morgan fingerprint density at radius 1 is 0.750 bits per heavy atom. The van der Waals surface area contributed by atoms with Gasteiger partial charge >= 0.3 is 0 Å².